The minimum Gasteiger partial charge on any atom is -0.497 e. The number of hydrogen-bond donors (Lipinski definition) is 4. The van der Waals surface area contributed by atoms with Gasteiger partial charge < -0.3 is 30.5 Å². The van der Waals surface area contributed by atoms with Crippen LogP contribution in [0, 0.1) is 0 Å². The number of piperazine rings is 1. The number of carbonyl (C=O) groups excluding carboxylic acids is 1. The third kappa shape index (κ3) is 5.80. The first-order valence-electron chi connectivity index (χ1n) is 9.57. The van der Waals surface area contributed by atoms with Gasteiger partial charge in [0.05, 0.1) is 13.2 Å². The topological polar surface area (TPSA) is 95.1 Å². The molecule has 150 valence electrons. The van der Waals surface area contributed by atoms with Gasteiger partial charge in [0, 0.05) is 45.8 Å². The summed E-state index contributed by atoms with van der Waals surface area (Å²) in [5, 5.41) is 19.5. The van der Waals surface area contributed by atoms with Crippen molar-refractivity contribution in [3.8, 4) is 5.75 Å². The maximum Gasteiger partial charge on any atom is 0.407 e. The second kappa shape index (κ2) is 9.89. The predicted molar refractivity (Wildman–Crippen MR) is 102 cm³/mol. The van der Waals surface area contributed by atoms with Gasteiger partial charge in [-0.05, 0) is 24.1 Å². The fraction of sp³-hybridized carbons (Fsp3) is 0.632. The molecule has 0 bridgehead atoms. The Kier molecular flexibility index (Phi) is 7.28. The lowest BCUT2D eigenvalue weighted by Crippen LogP contribution is -2.47. The Morgan fingerprint density at radius 2 is 2.04 bits per heavy atom. The van der Waals surface area contributed by atoms with E-state index in [4.69, 9.17) is 9.47 Å². The first-order valence-corrected chi connectivity index (χ1v) is 9.57. The number of carbonyl (C=O) groups is 1. The Morgan fingerprint density at radius 1 is 1.30 bits per heavy atom. The van der Waals surface area contributed by atoms with E-state index in [1.54, 1.807) is 7.11 Å². The van der Waals surface area contributed by atoms with Crippen molar-refractivity contribution >= 4 is 6.09 Å². The molecule has 0 saturated carbocycles. The van der Waals surface area contributed by atoms with E-state index in [1.165, 1.54) is 0 Å². The number of alkyl carbamates (subject to hydrolysis) is 1. The minimum absolute atomic E-state index is 0.118. The molecule has 3 atom stereocenters. The molecule has 0 radical (unpaired) electrons. The second-order valence-electron chi connectivity index (χ2n) is 7.02. The van der Waals surface area contributed by atoms with E-state index in [9.17, 15) is 9.90 Å². The number of methoxy groups -OCH3 is 1. The van der Waals surface area contributed by atoms with E-state index < -0.39 is 18.3 Å². The van der Waals surface area contributed by atoms with Gasteiger partial charge in [0.1, 0.15) is 18.0 Å². The fourth-order valence-corrected chi connectivity index (χ4v) is 3.55. The Hall–Kier alpha value is -1.87. The van der Waals surface area contributed by atoms with Crippen LogP contribution in [0.2, 0.25) is 0 Å². The minimum atomic E-state index is -0.702. The molecule has 4 N–H and O–H groups in total. The Balaban J connectivity index is 1.45. The maximum atomic E-state index is 12.1. The van der Waals surface area contributed by atoms with Crippen LogP contribution in [0.5, 0.6) is 5.75 Å². The van der Waals surface area contributed by atoms with Gasteiger partial charge in [0.15, 0.2) is 0 Å². The van der Waals surface area contributed by atoms with Crippen molar-refractivity contribution in [3.63, 3.8) is 0 Å². The highest BCUT2D eigenvalue weighted by Crippen LogP contribution is 2.19. The maximum absolute atomic E-state index is 12.1. The first kappa shape index (κ1) is 19.9. The zero-order valence-electron chi connectivity index (χ0n) is 15.8. The third-order valence-electron chi connectivity index (χ3n) is 5.13. The van der Waals surface area contributed by atoms with Gasteiger partial charge in [-0.15, -0.1) is 0 Å². The fourth-order valence-electron chi connectivity index (χ4n) is 3.55. The number of aliphatic hydroxyl groups is 1. The molecular formula is C19H30N4O4. The summed E-state index contributed by atoms with van der Waals surface area (Å²) in [4.78, 5) is 14.4. The Labute approximate surface area is 160 Å². The van der Waals surface area contributed by atoms with Crippen molar-refractivity contribution in [1.82, 2.24) is 20.9 Å². The molecule has 3 rings (SSSR count). The molecule has 0 aromatic heterocycles. The SMILES string of the molecule is COc1ccc(C[C@H]2NC[C@H](O)[C@H]2OC(=O)NCCN2CCNCC2)cc1. The number of nitrogens with one attached hydrogen (secondary N) is 3. The molecule has 1 amide bonds. The molecule has 8 nitrogen and oxygen atoms in total. The monoisotopic (exact) mass is 378 g/mol. The van der Waals surface area contributed by atoms with Gasteiger partial charge in [-0.1, -0.05) is 12.1 Å². The standard InChI is InChI=1S/C19H30N4O4/c1-26-15-4-2-14(3-5-15)12-16-18(17(24)13-22-16)27-19(25)21-8-11-23-9-6-20-7-10-23/h2-5,16-18,20,22,24H,6-13H2,1H3,(H,21,25)/t16-,17+,18+/m1/s1. The van der Waals surface area contributed by atoms with Crippen molar-refractivity contribution in [3.05, 3.63) is 29.8 Å². The molecule has 2 heterocycles. The number of hydrogen-bond acceptors (Lipinski definition) is 7. The molecule has 2 aliphatic rings. The van der Waals surface area contributed by atoms with Gasteiger partial charge in [-0.2, -0.15) is 0 Å². The number of nitrogens with zero attached hydrogens (tertiary/aromatic N) is 1. The number of amides is 1. The zero-order chi connectivity index (χ0) is 19.1. The molecule has 1 aromatic rings. The van der Waals surface area contributed by atoms with Crippen LogP contribution in [-0.4, -0.2) is 87.3 Å². The number of ether oxygens (including phenoxy) is 2. The summed E-state index contributed by atoms with van der Waals surface area (Å²) in [5.74, 6) is 0.801. The normalized spacial score (nSPS) is 25.9. The van der Waals surface area contributed by atoms with E-state index in [1.807, 2.05) is 24.3 Å². The summed E-state index contributed by atoms with van der Waals surface area (Å²) in [5.41, 5.74) is 1.09. The van der Waals surface area contributed by atoms with Crippen LogP contribution in [0.25, 0.3) is 0 Å². The number of aliphatic hydroxyl groups excluding tert-OH is 1. The molecule has 2 aliphatic heterocycles. The summed E-state index contributed by atoms with van der Waals surface area (Å²) in [6.45, 7) is 5.71. The predicted octanol–water partition coefficient (Wildman–Crippen LogP) is -0.430. The molecule has 0 unspecified atom stereocenters. The van der Waals surface area contributed by atoms with Crippen LogP contribution >= 0.6 is 0 Å². The Bertz CT molecular complexity index is 592. The van der Waals surface area contributed by atoms with Gasteiger partial charge in [0.25, 0.3) is 0 Å². The van der Waals surface area contributed by atoms with Crippen molar-refractivity contribution in [2.24, 2.45) is 0 Å². The van der Waals surface area contributed by atoms with E-state index in [-0.39, 0.29) is 6.04 Å². The van der Waals surface area contributed by atoms with Crippen LogP contribution in [0.3, 0.4) is 0 Å². The summed E-state index contributed by atoms with van der Waals surface area (Å²) >= 11 is 0. The third-order valence-corrected chi connectivity index (χ3v) is 5.13. The van der Waals surface area contributed by atoms with E-state index in [2.05, 4.69) is 20.9 Å². The van der Waals surface area contributed by atoms with E-state index in [0.717, 1.165) is 44.0 Å². The van der Waals surface area contributed by atoms with Crippen LogP contribution in [0.1, 0.15) is 5.56 Å². The molecule has 8 heteroatoms. The van der Waals surface area contributed by atoms with Gasteiger partial charge in [-0.3, -0.25) is 4.90 Å². The molecular weight excluding hydrogens is 348 g/mol. The van der Waals surface area contributed by atoms with Crippen LogP contribution in [0.15, 0.2) is 24.3 Å². The first-order chi connectivity index (χ1) is 13.2. The van der Waals surface area contributed by atoms with Gasteiger partial charge >= 0.3 is 6.09 Å². The lowest BCUT2D eigenvalue weighted by atomic mass is 10.0. The number of benzene rings is 1. The van der Waals surface area contributed by atoms with E-state index >= 15 is 0 Å². The molecule has 2 fully saturated rings. The average Bonchev–Trinajstić information content (AvgIpc) is 3.03. The lowest BCUT2D eigenvalue weighted by molar-refractivity contribution is 0.0187. The van der Waals surface area contributed by atoms with E-state index in [0.29, 0.717) is 19.5 Å². The summed E-state index contributed by atoms with van der Waals surface area (Å²) in [6.07, 6.45) is -1.07. The van der Waals surface area contributed by atoms with Crippen LogP contribution in [-0.2, 0) is 11.2 Å². The summed E-state index contributed by atoms with van der Waals surface area (Å²) in [7, 11) is 1.63. The smallest absolute Gasteiger partial charge is 0.407 e. The van der Waals surface area contributed by atoms with Crippen molar-refractivity contribution in [2.75, 3.05) is 52.9 Å². The van der Waals surface area contributed by atoms with Crippen molar-refractivity contribution in [1.29, 1.82) is 0 Å². The molecule has 27 heavy (non-hydrogen) atoms. The zero-order valence-corrected chi connectivity index (χ0v) is 15.8. The van der Waals surface area contributed by atoms with Gasteiger partial charge in [-0.25, -0.2) is 4.79 Å². The number of rotatable bonds is 7. The number of β-amino-alcohol motifs (C(OH)–C–C–N with tert-alkyl or cyclic N) is 1. The molecule has 1 aromatic carbocycles. The van der Waals surface area contributed by atoms with Crippen molar-refractivity contribution < 1.29 is 19.4 Å². The lowest BCUT2D eigenvalue weighted by Gasteiger charge is -2.27. The Morgan fingerprint density at radius 3 is 2.74 bits per heavy atom. The average molecular weight is 378 g/mol. The highest BCUT2D eigenvalue weighted by molar-refractivity contribution is 5.67. The quantitative estimate of drug-likeness (QED) is 0.511. The molecule has 0 spiro atoms. The van der Waals surface area contributed by atoms with Gasteiger partial charge in [0.2, 0.25) is 0 Å². The molecule has 0 aliphatic carbocycles. The van der Waals surface area contributed by atoms with Crippen LogP contribution < -0.4 is 20.7 Å². The summed E-state index contributed by atoms with van der Waals surface area (Å²) in [6, 6.07) is 7.65. The molecule has 2 saturated heterocycles. The largest absolute Gasteiger partial charge is 0.497 e. The van der Waals surface area contributed by atoms with Crippen LogP contribution in [0.4, 0.5) is 4.79 Å². The van der Waals surface area contributed by atoms with Crippen molar-refractivity contribution in [2.45, 2.75) is 24.7 Å². The summed E-state index contributed by atoms with van der Waals surface area (Å²) < 4.78 is 10.7. The highest BCUT2D eigenvalue weighted by atomic mass is 16.6. The second-order valence-corrected chi connectivity index (χ2v) is 7.02. The highest BCUT2D eigenvalue weighted by Gasteiger charge is 2.37.